The molecule has 1 atom stereocenters. The topological polar surface area (TPSA) is 61.7 Å². The fourth-order valence-electron chi connectivity index (χ4n) is 3.73. The van der Waals surface area contributed by atoms with Gasteiger partial charge in [0.2, 0.25) is 11.8 Å². The zero-order chi connectivity index (χ0) is 17.8. The highest BCUT2D eigenvalue weighted by atomic mass is 16.2. The van der Waals surface area contributed by atoms with E-state index in [0.29, 0.717) is 13.0 Å². The van der Waals surface area contributed by atoms with Crippen LogP contribution in [-0.4, -0.2) is 82.9 Å². The van der Waals surface area contributed by atoms with Gasteiger partial charge in [0.05, 0.1) is 6.54 Å². The van der Waals surface area contributed by atoms with E-state index in [2.05, 4.69) is 28.5 Å². The Morgan fingerprint density at radius 1 is 1.32 bits per heavy atom. The zero-order valence-corrected chi connectivity index (χ0v) is 15.4. The smallest absolute Gasteiger partial charge is 0.242 e. The maximum Gasteiger partial charge on any atom is 0.242 e. The summed E-state index contributed by atoms with van der Waals surface area (Å²) in [6.07, 6.45) is 7.39. The van der Waals surface area contributed by atoms with Crippen molar-refractivity contribution in [2.75, 3.05) is 46.8 Å². The molecule has 0 N–H and O–H groups in total. The van der Waals surface area contributed by atoms with Crippen LogP contribution in [0.15, 0.2) is 12.4 Å². The number of imidazole rings is 1. The van der Waals surface area contributed by atoms with Crippen LogP contribution in [0.25, 0.3) is 0 Å². The van der Waals surface area contributed by atoms with Crippen molar-refractivity contribution in [2.24, 2.45) is 0 Å². The number of aromatic nitrogens is 2. The maximum absolute atomic E-state index is 12.6. The zero-order valence-electron chi connectivity index (χ0n) is 15.4. The second kappa shape index (κ2) is 7.99. The van der Waals surface area contributed by atoms with E-state index in [1.54, 1.807) is 4.90 Å². The van der Waals surface area contributed by atoms with Gasteiger partial charge in [0, 0.05) is 57.5 Å². The van der Waals surface area contributed by atoms with Crippen molar-refractivity contribution in [3.8, 4) is 0 Å². The summed E-state index contributed by atoms with van der Waals surface area (Å²) in [6.45, 7) is 4.33. The first-order valence-corrected chi connectivity index (χ1v) is 9.26. The molecule has 138 valence electrons. The summed E-state index contributed by atoms with van der Waals surface area (Å²) in [6, 6.07) is 0. The van der Waals surface area contributed by atoms with E-state index >= 15 is 0 Å². The molecule has 7 nitrogen and oxygen atoms in total. The van der Waals surface area contributed by atoms with E-state index in [1.165, 1.54) is 0 Å². The van der Waals surface area contributed by atoms with Crippen molar-refractivity contribution in [1.82, 2.24) is 24.3 Å². The minimum atomic E-state index is 0.0753. The van der Waals surface area contributed by atoms with Gasteiger partial charge in [0.1, 0.15) is 5.82 Å². The second-order valence-electron chi connectivity index (χ2n) is 7.38. The number of hydrogen-bond donors (Lipinski definition) is 0. The summed E-state index contributed by atoms with van der Waals surface area (Å²) in [7, 11) is 4.13. The van der Waals surface area contributed by atoms with Gasteiger partial charge in [-0.05, 0) is 33.4 Å². The van der Waals surface area contributed by atoms with Gasteiger partial charge in [0.15, 0.2) is 0 Å². The predicted octanol–water partition coefficient (Wildman–Crippen LogP) is 0.773. The van der Waals surface area contributed by atoms with Gasteiger partial charge in [-0.3, -0.25) is 9.59 Å². The van der Waals surface area contributed by atoms with Crippen LogP contribution in [0.2, 0.25) is 0 Å². The van der Waals surface area contributed by atoms with Crippen LogP contribution >= 0.6 is 0 Å². The van der Waals surface area contributed by atoms with Crippen molar-refractivity contribution in [1.29, 1.82) is 0 Å². The van der Waals surface area contributed by atoms with Gasteiger partial charge < -0.3 is 19.3 Å². The van der Waals surface area contributed by atoms with Crippen molar-refractivity contribution in [3.05, 3.63) is 18.2 Å². The van der Waals surface area contributed by atoms with E-state index in [-0.39, 0.29) is 24.3 Å². The van der Waals surface area contributed by atoms with Crippen molar-refractivity contribution in [3.63, 3.8) is 0 Å². The molecule has 0 radical (unpaired) electrons. The van der Waals surface area contributed by atoms with Gasteiger partial charge in [-0.15, -0.1) is 0 Å². The van der Waals surface area contributed by atoms with Gasteiger partial charge in [0.25, 0.3) is 0 Å². The van der Waals surface area contributed by atoms with Gasteiger partial charge in [-0.2, -0.15) is 0 Å². The molecule has 2 aliphatic rings. The van der Waals surface area contributed by atoms with Crippen LogP contribution in [0.1, 0.15) is 37.4 Å². The number of amides is 2. The van der Waals surface area contributed by atoms with Crippen LogP contribution in [0, 0.1) is 0 Å². The maximum atomic E-state index is 12.6. The first-order valence-electron chi connectivity index (χ1n) is 9.26. The Morgan fingerprint density at radius 3 is 2.88 bits per heavy atom. The first-order chi connectivity index (χ1) is 12.0. The van der Waals surface area contributed by atoms with E-state index in [4.69, 9.17) is 0 Å². The van der Waals surface area contributed by atoms with Crippen LogP contribution in [0.4, 0.5) is 0 Å². The summed E-state index contributed by atoms with van der Waals surface area (Å²) in [5.41, 5.74) is 0. The van der Waals surface area contributed by atoms with Crippen molar-refractivity contribution >= 4 is 11.8 Å². The number of likely N-dealkylation sites (tertiary alicyclic amines) is 2. The Balaban J connectivity index is 1.60. The molecular formula is C18H29N5O2. The number of likely N-dealkylation sites (N-methyl/N-ethyl adjacent to an activating group) is 1. The molecule has 0 spiro atoms. The molecule has 1 aromatic heterocycles. The van der Waals surface area contributed by atoms with E-state index < -0.39 is 0 Å². The van der Waals surface area contributed by atoms with Crippen LogP contribution in [-0.2, 0) is 16.1 Å². The van der Waals surface area contributed by atoms with Gasteiger partial charge in [-0.1, -0.05) is 0 Å². The van der Waals surface area contributed by atoms with Gasteiger partial charge in [-0.25, -0.2) is 4.98 Å². The summed E-state index contributed by atoms with van der Waals surface area (Å²) in [4.78, 5) is 34.7. The second-order valence-corrected chi connectivity index (χ2v) is 7.38. The summed E-state index contributed by atoms with van der Waals surface area (Å²) < 4.78 is 2.21. The lowest BCUT2D eigenvalue weighted by atomic mass is 9.97. The fourth-order valence-corrected chi connectivity index (χ4v) is 3.73. The molecular weight excluding hydrogens is 318 g/mol. The highest BCUT2D eigenvalue weighted by molar-refractivity contribution is 5.86. The first kappa shape index (κ1) is 17.9. The molecule has 0 saturated carbocycles. The van der Waals surface area contributed by atoms with Gasteiger partial charge >= 0.3 is 0 Å². The molecule has 2 aliphatic heterocycles. The lowest BCUT2D eigenvalue weighted by Crippen LogP contribution is -2.45. The molecule has 0 aliphatic carbocycles. The Labute approximate surface area is 149 Å². The Bertz CT molecular complexity index is 612. The SMILES string of the molecule is CN(C)CCn1ccnc1[C@@H]1CCCN(C(=O)CN2CCCC2=O)C1. The highest BCUT2D eigenvalue weighted by Crippen LogP contribution is 2.26. The lowest BCUT2D eigenvalue weighted by molar-refractivity contribution is -0.139. The molecule has 0 bridgehead atoms. The molecule has 2 amide bonds. The van der Waals surface area contributed by atoms with E-state index in [9.17, 15) is 9.59 Å². The molecule has 2 saturated heterocycles. The molecule has 3 rings (SSSR count). The monoisotopic (exact) mass is 347 g/mol. The molecule has 25 heavy (non-hydrogen) atoms. The summed E-state index contributed by atoms with van der Waals surface area (Å²) >= 11 is 0. The Kier molecular flexibility index (Phi) is 5.73. The molecule has 1 aromatic rings. The van der Waals surface area contributed by atoms with E-state index in [0.717, 1.165) is 51.3 Å². The summed E-state index contributed by atoms with van der Waals surface area (Å²) in [5.74, 6) is 1.55. The third kappa shape index (κ3) is 4.39. The summed E-state index contributed by atoms with van der Waals surface area (Å²) in [5, 5.41) is 0. The lowest BCUT2D eigenvalue weighted by Gasteiger charge is -2.33. The quantitative estimate of drug-likeness (QED) is 0.763. The number of rotatable bonds is 6. The number of hydrogen-bond acceptors (Lipinski definition) is 4. The number of carbonyl (C=O) groups excluding carboxylic acids is 2. The Morgan fingerprint density at radius 2 is 2.16 bits per heavy atom. The predicted molar refractivity (Wildman–Crippen MR) is 95.2 cm³/mol. The highest BCUT2D eigenvalue weighted by Gasteiger charge is 2.30. The minimum absolute atomic E-state index is 0.0753. The standard InChI is InChI=1S/C18H29N5O2/c1-20(2)11-12-21-10-7-19-18(21)15-5-3-8-22(13-15)17(25)14-23-9-4-6-16(23)24/h7,10,15H,3-6,8-9,11-14H2,1-2H3/t15-/m1/s1. The molecule has 3 heterocycles. The number of nitrogens with zero attached hydrogens (tertiary/aromatic N) is 5. The molecule has 0 aromatic carbocycles. The Hall–Kier alpha value is -1.89. The van der Waals surface area contributed by atoms with Crippen molar-refractivity contribution < 1.29 is 9.59 Å². The fraction of sp³-hybridized carbons (Fsp3) is 0.722. The molecule has 7 heteroatoms. The average Bonchev–Trinajstić information content (AvgIpc) is 3.22. The average molecular weight is 347 g/mol. The number of piperidine rings is 1. The third-order valence-corrected chi connectivity index (χ3v) is 5.17. The van der Waals surface area contributed by atoms with Crippen molar-refractivity contribution in [2.45, 2.75) is 38.1 Å². The largest absolute Gasteiger partial charge is 0.340 e. The van der Waals surface area contributed by atoms with Crippen LogP contribution < -0.4 is 0 Å². The molecule has 2 fully saturated rings. The normalized spacial score (nSPS) is 21.4. The van der Waals surface area contributed by atoms with Crippen LogP contribution in [0.5, 0.6) is 0 Å². The van der Waals surface area contributed by atoms with E-state index in [1.807, 2.05) is 17.3 Å². The minimum Gasteiger partial charge on any atom is -0.340 e. The number of carbonyl (C=O) groups is 2. The van der Waals surface area contributed by atoms with Crippen LogP contribution in [0.3, 0.4) is 0 Å². The third-order valence-electron chi connectivity index (χ3n) is 5.17. The molecule has 0 unspecified atom stereocenters.